The molecule has 0 atom stereocenters. The zero-order valence-electron chi connectivity index (χ0n) is 12.9. The molecule has 0 unspecified atom stereocenters. The first-order valence-electron chi connectivity index (χ1n) is 6.79. The van der Waals surface area contributed by atoms with Gasteiger partial charge in [0.15, 0.2) is 11.6 Å². The van der Waals surface area contributed by atoms with E-state index in [1.807, 2.05) is 11.4 Å². The van der Waals surface area contributed by atoms with E-state index in [2.05, 4.69) is 13.8 Å². The van der Waals surface area contributed by atoms with Crippen LogP contribution >= 0.6 is 11.3 Å². The standard InChI is InChI=1S/C9H12OS.C8H6F2O/c1-6(2)9-8(7(3)10)4-5-11-9;1-5(11)8-6(9)3-2-4-7(8)10/h4-6H,1-3H3;2-4H,1H3. The zero-order valence-corrected chi connectivity index (χ0v) is 13.8. The quantitative estimate of drug-likeness (QED) is 0.723. The van der Waals surface area contributed by atoms with E-state index in [1.165, 1.54) is 10.9 Å². The summed E-state index contributed by atoms with van der Waals surface area (Å²) in [6.07, 6.45) is 0. The summed E-state index contributed by atoms with van der Waals surface area (Å²) < 4.78 is 25.3. The fourth-order valence-corrected chi connectivity index (χ4v) is 2.85. The van der Waals surface area contributed by atoms with Gasteiger partial charge in [0.1, 0.15) is 11.6 Å². The number of benzene rings is 1. The molecule has 0 N–H and O–H groups in total. The van der Waals surface area contributed by atoms with Crippen molar-refractivity contribution in [2.24, 2.45) is 0 Å². The maximum Gasteiger partial charge on any atom is 0.165 e. The van der Waals surface area contributed by atoms with E-state index in [4.69, 9.17) is 0 Å². The number of rotatable bonds is 3. The van der Waals surface area contributed by atoms with Gasteiger partial charge < -0.3 is 0 Å². The Morgan fingerprint density at radius 3 is 1.86 bits per heavy atom. The third kappa shape index (κ3) is 4.56. The molecular formula is C17H18F2O2S. The Labute approximate surface area is 132 Å². The van der Waals surface area contributed by atoms with Crippen molar-refractivity contribution in [3.63, 3.8) is 0 Å². The van der Waals surface area contributed by atoms with Gasteiger partial charge in [0.05, 0.1) is 5.56 Å². The number of ketones is 2. The van der Waals surface area contributed by atoms with Crippen molar-refractivity contribution in [2.45, 2.75) is 33.6 Å². The molecule has 0 aliphatic heterocycles. The first kappa shape index (κ1) is 18.2. The van der Waals surface area contributed by atoms with E-state index < -0.39 is 23.0 Å². The maximum atomic E-state index is 12.6. The van der Waals surface area contributed by atoms with E-state index in [0.29, 0.717) is 5.92 Å². The van der Waals surface area contributed by atoms with Crippen molar-refractivity contribution in [3.8, 4) is 0 Å². The number of thiophene rings is 1. The Kier molecular flexibility index (Phi) is 6.56. The van der Waals surface area contributed by atoms with E-state index in [-0.39, 0.29) is 5.78 Å². The summed E-state index contributed by atoms with van der Waals surface area (Å²) in [7, 11) is 0. The van der Waals surface area contributed by atoms with Gasteiger partial charge in [-0.3, -0.25) is 9.59 Å². The molecule has 0 spiro atoms. The Morgan fingerprint density at radius 2 is 1.55 bits per heavy atom. The number of halogens is 2. The van der Waals surface area contributed by atoms with Gasteiger partial charge in [-0.05, 0) is 43.3 Å². The summed E-state index contributed by atoms with van der Waals surface area (Å²) in [4.78, 5) is 22.9. The molecule has 118 valence electrons. The molecule has 0 radical (unpaired) electrons. The van der Waals surface area contributed by atoms with Crippen LogP contribution in [0, 0.1) is 11.6 Å². The van der Waals surface area contributed by atoms with Gasteiger partial charge in [-0.25, -0.2) is 8.78 Å². The minimum atomic E-state index is -0.808. The van der Waals surface area contributed by atoms with Crippen LogP contribution in [0.5, 0.6) is 0 Å². The Hall–Kier alpha value is -1.88. The lowest BCUT2D eigenvalue weighted by Gasteiger charge is -2.02. The summed E-state index contributed by atoms with van der Waals surface area (Å²) in [5.41, 5.74) is 0.428. The van der Waals surface area contributed by atoms with Crippen LogP contribution in [0.25, 0.3) is 0 Å². The highest BCUT2D eigenvalue weighted by molar-refractivity contribution is 7.10. The van der Waals surface area contributed by atoms with Gasteiger partial charge in [0.2, 0.25) is 0 Å². The third-order valence-electron chi connectivity index (χ3n) is 2.91. The van der Waals surface area contributed by atoms with Crippen molar-refractivity contribution in [1.29, 1.82) is 0 Å². The van der Waals surface area contributed by atoms with E-state index in [9.17, 15) is 18.4 Å². The van der Waals surface area contributed by atoms with E-state index >= 15 is 0 Å². The molecule has 0 saturated carbocycles. The molecule has 2 aromatic rings. The second-order valence-electron chi connectivity index (χ2n) is 5.06. The van der Waals surface area contributed by atoms with Gasteiger partial charge in [-0.2, -0.15) is 0 Å². The number of hydrogen-bond donors (Lipinski definition) is 0. The highest BCUT2D eigenvalue weighted by atomic mass is 32.1. The number of hydrogen-bond acceptors (Lipinski definition) is 3. The summed E-state index contributed by atoms with van der Waals surface area (Å²) in [5, 5.41) is 1.98. The van der Waals surface area contributed by atoms with Crippen molar-refractivity contribution < 1.29 is 18.4 Å². The number of carbonyl (C=O) groups is 2. The monoisotopic (exact) mass is 324 g/mol. The van der Waals surface area contributed by atoms with Crippen molar-refractivity contribution >= 4 is 22.9 Å². The van der Waals surface area contributed by atoms with Crippen LogP contribution in [-0.2, 0) is 0 Å². The predicted molar refractivity (Wildman–Crippen MR) is 84.8 cm³/mol. The smallest absolute Gasteiger partial charge is 0.165 e. The van der Waals surface area contributed by atoms with Crippen LogP contribution in [-0.4, -0.2) is 11.6 Å². The highest BCUT2D eigenvalue weighted by Gasteiger charge is 2.12. The van der Waals surface area contributed by atoms with Gasteiger partial charge in [-0.1, -0.05) is 19.9 Å². The second kappa shape index (κ2) is 7.94. The Balaban J connectivity index is 0.000000220. The zero-order chi connectivity index (χ0) is 16.9. The molecule has 0 saturated heterocycles. The van der Waals surface area contributed by atoms with E-state index in [1.54, 1.807) is 18.3 Å². The molecule has 0 aliphatic rings. The van der Waals surface area contributed by atoms with Crippen LogP contribution in [0.2, 0.25) is 0 Å². The maximum absolute atomic E-state index is 12.6. The average molecular weight is 324 g/mol. The van der Waals surface area contributed by atoms with Gasteiger partial charge >= 0.3 is 0 Å². The van der Waals surface area contributed by atoms with E-state index in [0.717, 1.165) is 24.6 Å². The molecule has 0 fully saturated rings. The molecule has 22 heavy (non-hydrogen) atoms. The summed E-state index contributed by atoms with van der Waals surface area (Å²) >= 11 is 1.67. The molecule has 0 aliphatic carbocycles. The first-order valence-corrected chi connectivity index (χ1v) is 7.67. The molecule has 1 heterocycles. The molecule has 5 heteroatoms. The highest BCUT2D eigenvalue weighted by Crippen LogP contribution is 2.25. The van der Waals surface area contributed by atoms with Gasteiger partial charge in [0.25, 0.3) is 0 Å². The van der Waals surface area contributed by atoms with Crippen molar-refractivity contribution in [3.05, 3.63) is 57.3 Å². The fraction of sp³-hybridized carbons (Fsp3) is 0.294. The first-order chi connectivity index (χ1) is 10.3. The van der Waals surface area contributed by atoms with Crippen LogP contribution in [0.3, 0.4) is 0 Å². The molecule has 2 rings (SSSR count). The van der Waals surface area contributed by atoms with Crippen molar-refractivity contribution in [1.82, 2.24) is 0 Å². The van der Waals surface area contributed by atoms with Crippen LogP contribution in [0.4, 0.5) is 8.78 Å². The molecule has 0 amide bonds. The van der Waals surface area contributed by atoms with Crippen LogP contribution < -0.4 is 0 Å². The topological polar surface area (TPSA) is 34.1 Å². The molecular weight excluding hydrogens is 306 g/mol. The van der Waals surface area contributed by atoms with Crippen LogP contribution in [0.15, 0.2) is 29.6 Å². The number of carbonyl (C=O) groups excluding carboxylic acids is 2. The lowest BCUT2D eigenvalue weighted by molar-refractivity contribution is 0.0999. The third-order valence-corrected chi connectivity index (χ3v) is 4.13. The fourth-order valence-electron chi connectivity index (χ4n) is 1.89. The van der Waals surface area contributed by atoms with Gasteiger partial charge in [0, 0.05) is 10.4 Å². The summed E-state index contributed by atoms with van der Waals surface area (Å²) in [5.74, 6) is -1.57. The minimum absolute atomic E-state index is 0.176. The van der Waals surface area contributed by atoms with Crippen molar-refractivity contribution in [2.75, 3.05) is 0 Å². The second-order valence-corrected chi connectivity index (χ2v) is 6.01. The largest absolute Gasteiger partial charge is 0.294 e. The molecule has 0 bridgehead atoms. The molecule has 2 nitrogen and oxygen atoms in total. The van der Waals surface area contributed by atoms with Gasteiger partial charge in [-0.15, -0.1) is 11.3 Å². The average Bonchev–Trinajstić information content (AvgIpc) is 2.88. The normalized spacial score (nSPS) is 10.1. The molecule has 1 aromatic heterocycles. The Morgan fingerprint density at radius 1 is 1.00 bits per heavy atom. The predicted octanol–water partition coefficient (Wildman–Crippen LogP) is 5.24. The van der Waals surface area contributed by atoms with Crippen LogP contribution in [0.1, 0.15) is 59.2 Å². The lowest BCUT2D eigenvalue weighted by Crippen LogP contribution is -2.00. The minimum Gasteiger partial charge on any atom is -0.294 e. The lowest BCUT2D eigenvalue weighted by atomic mass is 10.1. The Bertz CT molecular complexity index is 655. The SMILES string of the molecule is CC(=O)c1c(F)cccc1F.CC(=O)c1ccsc1C(C)C. The molecule has 1 aromatic carbocycles. The summed E-state index contributed by atoms with van der Waals surface area (Å²) in [6.45, 7) is 6.96. The summed E-state index contributed by atoms with van der Waals surface area (Å²) in [6, 6.07) is 5.24. The number of Topliss-reactive ketones (excluding diaryl/α,β-unsaturated/α-hetero) is 2.